The van der Waals surface area contributed by atoms with Crippen LogP contribution in [0.1, 0.15) is 388 Å². The van der Waals surface area contributed by atoms with E-state index >= 15 is 0 Å². The second-order valence-corrected chi connectivity index (χ2v) is 30.9. The number of phosphoric ester groups is 2. The Kier molecular flexibility index (Phi) is 65.5. The van der Waals surface area contributed by atoms with E-state index in [1.54, 1.807) is 0 Å². The van der Waals surface area contributed by atoms with Gasteiger partial charge in [-0.2, -0.15) is 0 Å². The Hall–Kier alpha value is -1.94. The van der Waals surface area contributed by atoms with Crippen molar-refractivity contribution in [3.05, 3.63) is 0 Å². The Bertz CT molecular complexity index is 1820. The second kappa shape index (κ2) is 66.9. The molecule has 0 saturated heterocycles. The molecule has 0 amide bonds. The van der Waals surface area contributed by atoms with Crippen molar-refractivity contribution in [1.82, 2.24) is 0 Å². The number of hydrogen-bond acceptors (Lipinski definition) is 15. The van der Waals surface area contributed by atoms with Crippen LogP contribution in [-0.4, -0.2) is 96.7 Å². The van der Waals surface area contributed by atoms with E-state index in [1.807, 2.05) is 0 Å². The molecule has 0 aromatic heterocycles. The molecule has 5 atom stereocenters. The minimum atomic E-state index is -4.96. The van der Waals surface area contributed by atoms with Crippen LogP contribution in [0.25, 0.3) is 0 Å². The highest BCUT2D eigenvalue weighted by molar-refractivity contribution is 7.47. The number of aliphatic hydroxyl groups excluding tert-OH is 1. The smallest absolute Gasteiger partial charge is 0.462 e. The highest BCUT2D eigenvalue weighted by Crippen LogP contribution is 2.45. The molecule has 0 saturated carbocycles. The van der Waals surface area contributed by atoms with Crippen LogP contribution in [0.3, 0.4) is 0 Å². The zero-order valence-corrected chi connectivity index (χ0v) is 63.1. The molecule has 3 N–H and O–H groups in total. The first-order valence-electron chi connectivity index (χ1n) is 39.0. The number of phosphoric acid groups is 2. The van der Waals surface area contributed by atoms with Gasteiger partial charge in [0.1, 0.15) is 19.3 Å². The minimum Gasteiger partial charge on any atom is -0.462 e. The van der Waals surface area contributed by atoms with Crippen molar-refractivity contribution in [2.45, 2.75) is 407 Å². The molecule has 0 fully saturated rings. The molecule has 0 aliphatic heterocycles. The van der Waals surface area contributed by atoms with Crippen molar-refractivity contribution in [3.8, 4) is 0 Å². The number of esters is 4. The first-order valence-corrected chi connectivity index (χ1v) is 42.0. The molecule has 0 radical (unpaired) electrons. The number of carbonyl (C=O) groups excluding carboxylic acids is 4. The van der Waals surface area contributed by atoms with E-state index < -0.39 is 97.5 Å². The van der Waals surface area contributed by atoms with Gasteiger partial charge in [0.05, 0.1) is 26.4 Å². The molecule has 0 aliphatic carbocycles. The van der Waals surface area contributed by atoms with Crippen LogP contribution in [-0.2, 0) is 65.4 Å². The van der Waals surface area contributed by atoms with Gasteiger partial charge in [-0.15, -0.1) is 0 Å². The van der Waals surface area contributed by atoms with Gasteiger partial charge in [0.15, 0.2) is 12.2 Å². The van der Waals surface area contributed by atoms with Crippen LogP contribution in [0.2, 0.25) is 0 Å². The molecule has 94 heavy (non-hydrogen) atoms. The van der Waals surface area contributed by atoms with Crippen molar-refractivity contribution in [2.24, 2.45) is 11.8 Å². The Morgan fingerprint density at radius 2 is 0.489 bits per heavy atom. The first kappa shape index (κ1) is 92.1. The molecule has 0 aliphatic rings. The summed E-state index contributed by atoms with van der Waals surface area (Å²) < 4.78 is 68.5. The molecule has 0 rings (SSSR count). The third kappa shape index (κ3) is 68.6. The van der Waals surface area contributed by atoms with Gasteiger partial charge in [-0.05, 0) is 37.5 Å². The van der Waals surface area contributed by atoms with Crippen LogP contribution >= 0.6 is 15.6 Å². The number of hydrogen-bond donors (Lipinski definition) is 3. The summed E-state index contributed by atoms with van der Waals surface area (Å²) in [5.41, 5.74) is 0. The van der Waals surface area contributed by atoms with Crippen molar-refractivity contribution >= 4 is 39.5 Å². The van der Waals surface area contributed by atoms with Crippen molar-refractivity contribution in [1.29, 1.82) is 0 Å². The molecule has 0 aromatic carbocycles. The van der Waals surface area contributed by atoms with Crippen LogP contribution in [0.4, 0.5) is 0 Å². The zero-order valence-electron chi connectivity index (χ0n) is 61.3. The van der Waals surface area contributed by atoms with E-state index in [2.05, 4.69) is 41.5 Å². The topological polar surface area (TPSA) is 237 Å². The maximum Gasteiger partial charge on any atom is 0.472 e. The predicted octanol–water partition coefficient (Wildman–Crippen LogP) is 21.9. The Morgan fingerprint density at radius 1 is 0.287 bits per heavy atom. The van der Waals surface area contributed by atoms with Gasteiger partial charge in [0.25, 0.3) is 0 Å². The highest BCUT2D eigenvalue weighted by Gasteiger charge is 2.30. The number of aliphatic hydroxyl groups is 1. The lowest BCUT2D eigenvalue weighted by Gasteiger charge is -2.21. The van der Waals surface area contributed by atoms with Gasteiger partial charge in [-0.25, -0.2) is 9.13 Å². The first-order chi connectivity index (χ1) is 45.4. The van der Waals surface area contributed by atoms with Gasteiger partial charge < -0.3 is 33.8 Å². The second-order valence-electron chi connectivity index (χ2n) is 28.0. The summed E-state index contributed by atoms with van der Waals surface area (Å²) in [6.45, 7) is 9.61. The highest BCUT2D eigenvalue weighted by atomic mass is 31.2. The van der Waals surface area contributed by atoms with E-state index in [4.69, 9.17) is 37.0 Å². The average Bonchev–Trinajstić information content (AvgIpc) is 2.85. The molecule has 19 heteroatoms. The lowest BCUT2D eigenvalue weighted by molar-refractivity contribution is -0.161. The Morgan fingerprint density at radius 3 is 0.723 bits per heavy atom. The quantitative estimate of drug-likeness (QED) is 0.0222. The third-order valence-electron chi connectivity index (χ3n) is 17.5. The fourth-order valence-electron chi connectivity index (χ4n) is 11.5. The summed E-state index contributed by atoms with van der Waals surface area (Å²) in [5.74, 6) is -0.557. The zero-order chi connectivity index (χ0) is 69.3. The van der Waals surface area contributed by atoms with Crippen LogP contribution in [0, 0.1) is 11.8 Å². The maximum atomic E-state index is 13.1. The normalized spacial score (nSPS) is 14.0. The summed E-state index contributed by atoms with van der Waals surface area (Å²) in [6.07, 6.45) is 53.9. The molecule has 17 nitrogen and oxygen atoms in total. The van der Waals surface area contributed by atoms with Crippen LogP contribution < -0.4 is 0 Å². The summed E-state index contributed by atoms with van der Waals surface area (Å²) in [7, 11) is -9.91. The summed E-state index contributed by atoms with van der Waals surface area (Å²) in [6, 6.07) is 0. The Balaban J connectivity index is 5.25. The molecule has 558 valence electrons. The number of carbonyl (C=O) groups is 4. The molecule has 2 unspecified atom stereocenters. The summed E-state index contributed by atoms with van der Waals surface area (Å²) >= 11 is 0. The van der Waals surface area contributed by atoms with E-state index in [-0.39, 0.29) is 25.7 Å². The summed E-state index contributed by atoms with van der Waals surface area (Å²) in [5, 5.41) is 10.6. The van der Waals surface area contributed by atoms with Crippen LogP contribution in [0.5, 0.6) is 0 Å². The molecular formula is C75H146O17P2. The lowest BCUT2D eigenvalue weighted by Crippen LogP contribution is -2.30. The van der Waals surface area contributed by atoms with Gasteiger partial charge in [0, 0.05) is 25.7 Å². The molecule has 0 heterocycles. The average molecular weight is 1380 g/mol. The van der Waals surface area contributed by atoms with Crippen LogP contribution in [0.15, 0.2) is 0 Å². The number of ether oxygens (including phenoxy) is 4. The molecule has 0 aromatic rings. The Labute approximate surface area is 575 Å². The monoisotopic (exact) mass is 1380 g/mol. The van der Waals surface area contributed by atoms with Gasteiger partial charge in [0.2, 0.25) is 0 Å². The van der Waals surface area contributed by atoms with Crippen molar-refractivity contribution in [2.75, 3.05) is 39.6 Å². The lowest BCUT2D eigenvalue weighted by atomic mass is 10.0. The molecular weight excluding hydrogens is 1230 g/mol. The van der Waals surface area contributed by atoms with Gasteiger partial charge >= 0.3 is 39.5 Å². The minimum absolute atomic E-state index is 0.107. The number of rotatable bonds is 74. The largest absolute Gasteiger partial charge is 0.472 e. The predicted molar refractivity (Wildman–Crippen MR) is 381 cm³/mol. The fourth-order valence-corrected chi connectivity index (χ4v) is 13.1. The summed E-state index contributed by atoms with van der Waals surface area (Å²) in [4.78, 5) is 72.8. The third-order valence-corrected chi connectivity index (χ3v) is 19.4. The molecule has 0 spiro atoms. The SMILES string of the molecule is CCCCCCCCCCCCCCCCC(=O)O[C@H](COC(=O)CCCCCCCCCCCC)COP(=O)(O)OC[C@H](O)COP(=O)(O)OC[C@@H](COC(=O)CCCCCCCCCCCCCC(C)C)OC(=O)CCCCCCCCCCCCCCCC(C)C. The van der Waals surface area contributed by atoms with E-state index in [9.17, 15) is 43.2 Å². The fraction of sp³-hybridized carbons (Fsp3) is 0.947. The van der Waals surface area contributed by atoms with Gasteiger partial charge in [-0.3, -0.25) is 37.3 Å². The van der Waals surface area contributed by atoms with Gasteiger partial charge in [-0.1, -0.05) is 337 Å². The standard InChI is InChI=1S/C75H146O17P2/c1-7-9-11-13-15-17-19-20-23-28-35-41-47-53-59-74(79)91-70(63-85-72(77)57-51-45-39-33-18-16-14-12-10-8-2)65-89-93(81,82)87-61-69(76)62-88-94(83,84)90-66-71(64-86-73(78)58-52-46-40-34-30-25-27-32-38-44-50-56-68(5)6)92-75(80)60-54-48-42-36-29-24-21-22-26-31-37-43-49-55-67(3)4/h67-71,76H,7-66H2,1-6H3,(H,81,82)(H,83,84)/t69-,70+,71+/m0/s1. The molecule has 0 bridgehead atoms. The van der Waals surface area contributed by atoms with Crippen molar-refractivity contribution in [3.63, 3.8) is 0 Å². The van der Waals surface area contributed by atoms with Crippen molar-refractivity contribution < 1.29 is 80.2 Å². The van der Waals surface area contributed by atoms with E-state index in [1.165, 1.54) is 205 Å². The van der Waals surface area contributed by atoms with E-state index in [0.717, 1.165) is 102 Å². The number of unbranched alkanes of at least 4 members (excludes halogenated alkanes) is 44. The maximum absolute atomic E-state index is 13.1. The van der Waals surface area contributed by atoms with E-state index in [0.29, 0.717) is 25.7 Å².